The van der Waals surface area contributed by atoms with Crippen LogP contribution in [0.1, 0.15) is 23.6 Å². The van der Waals surface area contributed by atoms with Gasteiger partial charge in [0.25, 0.3) is 5.91 Å². The number of thioether (sulfide) groups is 1. The van der Waals surface area contributed by atoms with Crippen LogP contribution in [-0.4, -0.2) is 11.4 Å². The van der Waals surface area contributed by atoms with Crippen molar-refractivity contribution < 1.29 is 9.53 Å². The van der Waals surface area contributed by atoms with E-state index in [1.54, 1.807) is 30.3 Å². The molecule has 1 saturated heterocycles. The van der Waals surface area contributed by atoms with Crippen molar-refractivity contribution in [2.24, 2.45) is 0 Å². The number of amides is 1. The van der Waals surface area contributed by atoms with Crippen molar-refractivity contribution in [1.82, 2.24) is 5.32 Å². The molecule has 1 fully saturated rings. The Labute approximate surface area is 212 Å². The van der Waals surface area contributed by atoms with Crippen molar-refractivity contribution in [1.29, 1.82) is 0 Å². The molecule has 33 heavy (non-hydrogen) atoms. The first-order valence-corrected chi connectivity index (χ1v) is 12.3. The lowest BCUT2D eigenvalue weighted by molar-refractivity contribution is -0.116. The number of carbonyl (C=O) groups excluding carboxylic acids is 1. The van der Waals surface area contributed by atoms with Gasteiger partial charge < -0.3 is 15.4 Å². The van der Waals surface area contributed by atoms with Gasteiger partial charge >= 0.3 is 0 Å². The fourth-order valence-electron chi connectivity index (χ4n) is 3.24. The summed E-state index contributed by atoms with van der Waals surface area (Å²) in [5.74, 6) is 0.243. The number of hydrogen-bond donors (Lipinski definition) is 2. The average molecular weight is 520 g/mol. The largest absolute Gasteiger partial charge is 0.486 e. The van der Waals surface area contributed by atoms with Gasteiger partial charge in [0.1, 0.15) is 6.61 Å². The maximum Gasteiger partial charge on any atom is 0.260 e. The van der Waals surface area contributed by atoms with Crippen molar-refractivity contribution in [2.75, 3.05) is 5.32 Å². The predicted molar refractivity (Wildman–Crippen MR) is 139 cm³/mol. The van der Waals surface area contributed by atoms with Crippen LogP contribution < -0.4 is 15.4 Å². The quantitative estimate of drug-likeness (QED) is 0.320. The minimum absolute atomic E-state index is 0.155. The Kier molecular flexibility index (Phi) is 7.76. The minimum Gasteiger partial charge on any atom is -0.486 e. The first-order valence-electron chi connectivity index (χ1n) is 10.3. The second kappa shape index (κ2) is 10.7. The molecule has 1 aliphatic heterocycles. The zero-order valence-electron chi connectivity index (χ0n) is 17.7. The van der Waals surface area contributed by atoms with E-state index in [2.05, 4.69) is 29.7 Å². The number of halogens is 3. The number of anilines is 1. The second-order valence-corrected chi connectivity index (χ2v) is 9.80. The van der Waals surface area contributed by atoms with E-state index in [0.29, 0.717) is 32.3 Å². The van der Waals surface area contributed by atoms with Gasteiger partial charge in [0.2, 0.25) is 0 Å². The minimum atomic E-state index is -0.260. The number of carbonyl (C=O) groups is 1. The summed E-state index contributed by atoms with van der Waals surface area (Å²) >= 11 is 20.2. The van der Waals surface area contributed by atoms with Crippen LogP contribution in [-0.2, 0) is 17.8 Å². The van der Waals surface area contributed by atoms with E-state index in [9.17, 15) is 4.79 Å². The molecule has 1 aliphatic rings. The highest BCUT2D eigenvalue weighted by atomic mass is 35.5. The van der Waals surface area contributed by atoms with E-state index in [0.717, 1.165) is 23.2 Å². The van der Waals surface area contributed by atoms with E-state index in [-0.39, 0.29) is 11.4 Å². The number of ether oxygens (including phenoxy) is 1. The van der Waals surface area contributed by atoms with E-state index in [1.807, 2.05) is 24.3 Å². The zero-order valence-corrected chi connectivity index (χ0v) is 20.8. The van der Waals surface area contributed by atoms with Gasteiger partial charge in [0, 0.05) is 10.7 Å². The lowest BCUT2D eigenvalue weighted by Gasteiger charge is -2.13. The van der Waals surface area contributed by atoms with Gasteiger partial charge in [0.15, 0.2) is 11.2 Å². The third kappa shape index (κ3) is 6.18. The summed E-state index contributed by atoms with van der Waals surface area (Å²) in [5, 5.41) is 7.65. The van der Waals surface area contributed by atoms with Crippen LogP contribution in [0.3, 0.4) is 0 Å². The summed E-state index contributed by atoms with van der Waals surface area (Å²) < 4.78 is 5.82. The predicted octanol–water partition coefficient (Wildman–Crippen LogP) is 7.39. The normalized spacial score (nSPS) is 16.7. The molecule has 1 atom stereocenters. The van der Waals surface area contributed by atoms with Gasteiger partial charge in [-0.05, 0) is 65.6 Å². The maximum absolute atomic E-state index is 12.5. The Morgan fingerprint density at radius 3 is 2.27 bits per heavy atom. The van der Waals surface area contributed by atoms with Gasteiger partial charge in [-0.25, -0.2) is 0 Å². The molecule has 2 N–H and O–H groups in total. The molecule has 170 valence electrons. The molecule has 0 aliphatic carbocycles. The average Bonchev–Trinajstić information content (AvgIpc) is 3.13. The molecule has 1 amide bonds. The molecular weight excluding hydrogens is 499 g/mol. The van der Waals surface area contributed by atoms with Crippen LogP contribution in [0.4, 0.5) is 5.69 Å². The van der Waals surface area contributed by atoms with Crippen molar-refractivity contribution in [2.45, 2.75) is 25.4 Å². The molecular formula is C25H21Cl3N2O2S. The number of nitrogens with one attached hydrogen (secondary N) is 2. The van der Waals surface area contributed by atoms with Crippen molar-refractivity contribution in [3.63, 3.8) is 0 Å². The third-order valence-electron chi connectivity index (χ3n) is 5.01. The van der Waals surface area contributed by atoms with E-state index >= 15 is 0 Å². The fourth-order valence-corrected chi connectivity index (χ4v) is 4.97. The van der Waals surface area contributed by atoms with Crippen LogP contribution >= 0.6 is 46.6 Å². The SMILES string of the molecule is CCc1ccc(N[C@H]2NC(=O)/C(=C/c3cc(Cl)c(OCc4ccc(Cl)cc4)c(Cl)c3)S2)cc1. The third-order valence-corrected chi connectivity index (χ3v) is 6.85. The van der Waals surface area contributed by atoms with Crippen molar-refractivity contribution in [3.8, 4) is 5.75 Å². The molecule has 1 heterocycles. The van der Waals surface area contributed by atoms with Gasteiger partial charge in [-0.1, -0.05) is 77.8 Å². The second-order valence-electron chi connectivity index (χ2n) is 7.40. The topological polar surface area (TPSA) is 50.4 Å². The summed E-state index contributed by atoms with van der Waals surface area (Å²) in [6, 6.07) is 19.0. The monoisotopic (exact) mass is 518 g/mol. The molecule has 0 radical (unpaired) electrons. The maximum atomic E-state index is 12.5. The highest BCUT2D eigenvalue weighted by Crippen LogP contribution is 2.37. The van der Waals surface area contributed by atoms with Crippen LogP contribution in [0.25, 0.3) is 6.08 Å². The summed E-state index contributed by atoms with van der Waals surface area (Å²) in [7, 11) is 0. The molecule has 0 aromatic heterocycles. The standard InChI is InChI=1S/C25H21Cl3N2O2S/c1-2-15-5-9-19(10-6-15)29-25-30-24(31)22(33-25)13-17-11-20(27)23(21(28)12-17)32-14-16-3-7-18(26)8-4-16/h3-13,25,29H,2,14H2,1H3,(H,30,31)/b22-13-/t25-/m0/s1. The molecule has 0 unspecified atom stereocenters. The first-order chi connectivity index (χ1) is 15.9. The highest BCUT2D eigenvalue weighted by molar-refractivity contribution is 8.05. The molecule has 3 aromatic rings. The molecule has 4 rings (SSSR count). The number of aryl methyl sites for hydroxylation is 1. The summed E-state index contributed by atoms with van der Waals surface area (Å²) in [4.78, 5) is 13.0. The van der Waals surface area contributed by atoms with Crippen LogP contribution in [0.15, 0.2) is 65.6 Å². The van der Waals surface area contributed by atoms with E-state index in [1.165, 1.54) is 17.3 Å². The number of rotatable bonds is 7. The molecule has 0 bridgehead atoms. The lowest BCUT2D eigenvalue weighted by Crippen LogP contribution is -2.30. The van der Waals surface area contributed by atoms with Gasteiger partial charge in [-0.3, -0.25) is 4.79 Å². The van der Waals surface area contributed by atoms with Gasteiger partial charge in [-0.15, -0.1) is 0 Å². The summed E-state index contributed by atoms with van der Waals surface area (Å²) in [5.41, 5.74) is 3.61. The molecule has 0 spiro atoms. The van der Waals surface area contributed by atoms with E-state index < -0.39 is 0 Å². The smallest absolute Gasteiger partial charge is 0.260 e. The molecule has 3 aromatic carbocycles. The van der Waals surface area contributed by atoms with Gasteiger partial charge in [-0.2, -0.15) is 0 Å². The van der Waals surface area contributed by atoms with Gasteiger partial charge in [0.05, 0.1) is 15.0 Å². The van der Waals surface area contributed by atoms with Crippen molar-refractivity contribution >= 4 is 64.2 Å². The molecule has 0 saturated carbocycles. The summed E-state index contributed by atoms with van der Waals surface area (Å²) in [6.45, 7) is 2.42. The Morgan fingerprint density at radius 2 is 1.64 bits per heavy atom. The number of hydrogen-bond acceptors (Lipinski definition) is 4. The molecule has 8 heteroatoms. The number of benzene rings is 3. The Morgan fingerprint density at radius 1 is 1.00 bits per heavy atom. The Bertz CT molecular complexity index is 1160. The summed E-state index contributed by atoms with van der Waals surface area (Å²) in [6.07, 6.45) is 2.75. The van der Waals surface area contributed by atoms with E-state index in [4.69, 9.17) is 39.5 Å². The van der Waals surface area contributed by atoms with Crippen LogP contribution in [0.2, 0.25) is 15.1 Å². The lowest BCUT2D eigenvalue weighted by atomic mass is 10.1. The Balaban J connectivity index is 1.43. The highest BCUT2D eigenvalue weighted by Gasteiger charge is 2.27. The van der Waals surface area contributed by atoms with Crippen LogP contribution in [0.5, 0.6) is 5.75 Å². The zero-order chi connectivity index (χ0) is 23.4. The first kappa shape index (κ1) is 23.8. The Hall–Kier alpha value is -2.31. The van der Waals surface area contributed by atoms with Crippen LogP contribution in [0, 0.1) is 0 Å². The fraction of sp³-hybridized carbons (Fsp3) is 0.160. The molecule has 4 nitrogen and oxygen atoms in total. The van der Waals surface area contributed by atoms with Crippen molar-refractivity contribution in [3.05, 3.63) is 97.3 Å².